The molecule has 0 saturated carbocycles. The molecule has 0 bridgehead atoms. The lowest BCUT2D eigenvalue weighted by Crippen LogP contribution is -2.21. The Morgan fingerprint density at radius 2 is 0.680 bits per heavy atom. The van der Waals surface area contributed by atoms with E-state index in [9.17, 15) is 61.5 Å². The number of alkyl halides is 4. The first kappa shape index (κ1) is 22.8. The lowest BCUT2D eigenvalue weighted by Gasteiger charge is -2.13. The van der Waals surface area contributed by atoms with Gasteiger partial charge in [-0.3, -0.25) is 0 Å². The van der Waals surface area contributed by atoms with E-state index in [4.69, 9.17) is 0 Å². The van der Waals surface area contributed by atoms with Gasteiger partial charge in [0.05, 0.1) is 0 Å². The van der Waals surface area contributed by atoms with Crippen LogP contribution in [-0.2, 0) is 4.74 Å². The van der Waals surface area contributed by atoms with Gasteiger partial charge in [-0.1, -0.05) is 0 Å². The highest BCUT2D eigenvalue weighted by molar-refractivity contribution is 5.23. The minimum Gasteiger partial charge on any atom is -0.400 e. The quantitative estimate of drug-likeness (QED) is 0.357. The molecule has 0 atom stereocenters. The van der Waals surface area contributed by atoms with E-state index in [-0.39, 0.29) is 0 Å². The van der Waals surface area contributed by atoms with E-state index >= 15 is 0 Å². The fourth-order valence-corrected chi connectivity index (χ4v) is 0.845. The van der Waals surface area contributed by atoms with Crippen LogP contribution in [-0.4, -0.2) is 11.8 Å². The molecule has 0 aliphatic rings. The van der Waals surface area contributed by atoms with Crippen LogP contribution in [0.5, 0.6) is 0 Å². The Morgan fingerprint density at radius 1 is 0.440 bits per heavy atom. The first-order valence-corrected chi connectivity index (χ1v) is 5.05. The van der Waals surface area contributed by atoms with Crippen molar-refractivity contribution in [2.24, 2.45) is 0 Å². The summed E-state index contributed by atoms with van der Waals surface area (Å²) in [5, 5.41) is 0. The Hall–Kier alpha value is -2.22. The molecule has 0 aliphatic carbocycles. The summed E-state index contributed by atoms with van der Waals surface area (Å²) in [6.07, 6.45) is -7.74. The average molecular weight is 402 g/mol. The summed E-state index contributed by atoms with van der Waals surface area (Å²) in [6, 6.07) is -7.48. The summed E-state index contributed by atoms with van der Waals surface area (Å²) in [5.41, 5.74) is 0. The van der Waals surface area contributed by atoms with Crippen molar-refractivity contribution in [3.63, 3.8) is 0 Å². The SMILES string of the molecule is FC(F)=C(F)C(F)(F)C(F)=C(F)OC(F)=C(F)C(F)(F)C(F)=C(F)F. The molecule has 0 spiro atoms. The molecule has 1 nitrogen and oxygen atoms in total. The van der Waals surface area contributed by atoms with Crippen molar-refractivity contribution >= 4 is 0 Å². The van der Waals surface area contributed by atoms with Gasteiger partial charge in [0.25, 0.3) is 0 Å². The Morgan fingerprint density at radius 3 is 0.880 bits per heavy atom. The predicted octanol–water partition coefficient (Wildman–Crippen LogP) is 6.65. The molecule has 0 heterocycles. The molecule has 0 aromatic rings. The second kappa shape index (κ2) is 7.77. The Labute approximate surface area is 127 Å². The minimum atomic E-state index is -6.13. The number of halogens is 14. The maximum Gasteiger partial charge on any atom is 0.361 e. The molecule has 0 unspecified atom stereocenters. The van der Waals surface area contributed by atoms with E-state index in [1.807, 2.05) is 0 Å². The fourth-order valence-electron chi connectivity index (χ4n) is 0.845. The molecule has 25 heavy (non-hydrogen) atoms. The Bertz CT molecular complexity index is 591. The largest absolute Gasteiger partial charge is 0.400 e. The van der Waals surface area contributed by atoms with Gasteiger partial charge in [0.15, 0.2) is 0 Å². The number of allylic oxidation sites excluding steroid dienone is 4. The van der Waals surface area contributed by atoms with Crippen LogP contribution in [0.15, 0.2) is 47.5 Å². The highest BCUT2D eigenvalue weighted by atomic mass is 19.3. The van der Waals surface area contributed by atoms with Gasteiger partial charge in [0, 0.05) is 0 Å². The average Bonchev–Trinajstić information content (AvgIpc) is 2.50. The van der Waals surface area contributed by atoms with Gasteiger partial charge >= 0.3 is 36.0 Å². The standard InChI is InChI=1S/C10F14O/c11-1(5(15)16)9(21,22)3(13)7(19)25-8(20)4(14)10(23,24)2(12)6(17)18. The van der Waals surface area contributed by atoms with E-state index in [0.29, 0.717) is 0 Å². The van der Waals surface area contributed by atoms with E-state index in [0.717, 1.165) is 0 Å². The number of rotatable bonds is 6. The molecule has 144 valence electrons. The van der Waals surface area contributed by atoms with Crippen molar-refractivity contribution < 1.29 is 66.2 Å². The number of hydrogen-bond donors (Lipinski definition) is 0. The molecular weight excluding hydrogens is 402 g/mol. The summed E-state index contributed by atoms with van der Waals surface area (Å²) in [5.74, 6) is -28.0. The van der Waals surface area contributed by atoms with E-state index in [2.05, 4.69) is 4.74 Å². The van der Waals surface area contributed by atoms with E-state index < -0.39 is 59.3 Å². The predicted molar refractivity (Wildman–Crippen MR) is 50.2 cm³/mol. The van der Waals surface area contributed by atoms with Gasteiger partial charge < -0.3 is 4.74 Å². The molecule has 15 heteroatoms. The van der Waals surface area contributed by atoms with Crippen molar-refractivity contribution in [3.05, 3.63) is 47.5 Å². The lowest BCUT2D eigenvalue weighted by atomic mass is 10.2. The van der Waals surface area contributed by atoms with Crippen LogP contribution in [0.3, 0.4) is 0 Å². The molecule has 0 N–H and O–H groups in total. The highest BCUT2D eigenvalue weighted by Crippen LogP contribution is 2.41. The Balaban J connectivity index is 5.93. The van der Waals surface area contributed by atoms with Crippen LogP contribution in [0.25, 0.3) is 0 Å². The molecule has 0 radical (unpaired) electrons. The minimum absolute atomic E-state index is 2.45. The molecule has 0 rings (SSSR count). The van der Waals surface area contributed by atoms with Gasteiger partial charge in [-0.15, -0.1) is 0 Å². The van der Waals surface area contributed by atoms with Crippen molar-refractivity contribution in [1.29, 1.82) is 0 Å². The normalized spacial score (nSPS) is 14.5. The first-order valence-electron chi connectivity index (χ1n) is 5.05. The molecule has 0 amide bonds. The van der Waals surface area contributed by atoms with Gasteiger partial charge in [0.2, 0.25) is 23.3 Å². The molecular formula is C10F14O. The van der Waals surface area contributed by atoms with Crippen LogP contribution in [0.1, 0.15) is 0 Å². The second-order valence-corrected chi connectivity index (χ2v) is 3.58. The smallest absolute Gasteiger partial charge is 0.361 e. The summed E-state index contributed by atoms with van der Waals surface area (Å²) in [7, 11) is 0. The Kier molecular flexibility index (Phi) is 7.08. The maximum atomic E-state index is 12.7. The zero-order valence-corrected chi connectivity index (χ0v) is 10.7. The fraction of sp³-hybridized carbons (Fsp3) is 0.200. The highest BCUT2D eigenvalue weighted by Gasteiger charge is 2.50. The van der Waals surface area contributed by atoms with Crippen molar-refractivity contribution in [1.82, 2.24) is 0 Å². The van der Waals surface area contributed by atoms with Crippen molar-refractivity contribution in [3.8, 4) is 0 Å². The monoisotopic (exact) mass is 402 g/mol. The molecule has 0 saturated heterocycles. The molecule has 0 fully saturated rings. The number of hydrogen-bond acceptors (Lipinski definition) is 1. The third kappa shape index (κ3) is 4.88. The van der Waals surface area contributed by atoms with Crippen LogP contribution in [0.4, 0.5) is 61.5 Å². The van der Waals surface area contributed by atoms with Crippen LogP contribution in [0.2, 0.25) is 0 Å². The topological polar surface area (TPSA) is 9.23 Å². The van der Waals surface area contributed by atoms with Crippen LogP contribution < -0.4 is 0 Å². The third-order valence-corrected chi connectivity index (χ3v) is 1.96. The van der Waals surface area contributed by atoms with Crippen molar-refractivity contribution in [2.45, 2.75) is 11.8 Å². The maximum absolute atomic E-state index is 12.7. The second-order valence-electron chi connectivity index (χ2n) is 3.58. The van der Waals surface area contributed by atoms with E-state index in [1.165, 1.54) is 0 Å². The van der Waals surface area contributed by atoms with Gasteiger partial charge in [-0.2, -0.15) is 61.5 Å². The zero-order chi connectivity index (χ0) is 20.3. The molecule has 0 aliphatic heterocycles. The van der Waals surface area contributed by atoms with Crippen molar-refractivity contribution in [2.75, 3.05) is 0 Å². The third-order valence-electron chi connectivity index (χ3n) is 1.96. The van der Waals surface area contributed by atoms with Gasteiger partial charge in [0.1, 0.15) is 0 Å². The summed E-state index contributed by atoms with van der Waals surface area (Å²) < 4.78 is 175. The van der Waals surface area contributed by atoms with Crippen LogP contribution in [0, 0.1) is 0 Å². The van der Waals surface area contributed by atoms with Gasteiger partial charge in [-0.05, 0) is 0 Å². The zero-order valence-electron chi connectivity index (χ0n) is 10.7. The lowest BCUT2D eigenvalue weighted by molar-refractivity contribution is -0.00191. The molecule has 0 aromatic carbocycles. The summed E-state index contributed by atoms with van der Waals surface area (Å²) >= 11 is 0. The first-order chi connectivity index (χ1) is 11.1. The molecule has 0 aromatic heterocycles. The number of ether oxygens (including phenoxy) is 1. The summed E-state index contributed by atoms with van der Waals surface area (Å²) in [4.78, 5) is 0. The van der Waals surface area contributed by atoms with Gasteiger partial charge in [-0.25, -0.2) is 0 Å². The van der Waals surface area contributed by atoms with E-state index in [1.54, 1.807) is 0 Å². The van der Waals surface area contributed by atoms with Crippen LogP contribution >= 0.6 is 0 Å². The summed E-state index contributed by atoms with van der Waals surface area (Å²) in [6.45, 7) is 0.